The molecule has 1 fully saturated rings. The van der Waals surface area contributed by atoms with E-state index >= 15 is 0 Å². The largest absolute Gasteiger partial charge is 0.388 e. The first-order chi connectivity index (χ1) is 7.12. The van der Waals surface area contributed by atoms with Crippen LogP contribution in [-0.4, -0.2) is 5.11 Å². The van der Waals surface area contributed by atoms with Gasteiger partial charge >= 0.3 is 0 Å². The molecule has 0 amide bonds. The van der Waals surface area contributed by atoms with Gasteiger partial charge in [0.05, 0.1) is 6.10 Å². The van der Waals surface area contributed by atoms with E-state index < -0.39 is 0 Å². The first kappa shape index (κ1) is 11.0. The van der Waals surface area contributed by atoms with Gasteiger partial charge in [-0.25, -0.2) is 0 Å². The van der Waals surface area contributed by atoms with Gasteiger partial charge in [-0.05, 0) is 36.0 Å². The van der Waals surface area contributed by atoms with Crippen LogP contribution in [0.25, 0.3) is 0 Å². The third-order valence-electron chi connectivity index (χ3n) is 3.59. The molecule has 1 aliphatic carbocycles. The number of aliphatic hydroxyl groups excluding tert-OH is 1. The zero-order valence-electron chi connectivity index (χ0n) is 9.04. The molecule has 1 atom stereocenters. The summed E-state index contributed by atoms with van der Waals surface area (Å²) in [5, 5.41) is 11.1. The Morgan fingerprint density at radius 2 is 1.73 bits per heavy atom. The van der Waals surface area contributed by atoms with Crippen molar-refractivity contribution < 1.29 is 5.11 Å². The summed E-state index contributed by atoms with van der Waals surface area (Å²) >= 11 is 5.83. The normalized spacial score (nSPS) is 21.5. The van der Waals surface area contributed by atoms with Gasteiger partial charge < -0.3 is 5.11 Å². The standard InChI is InChI=1S/C13H17ClO/c1-13(8-2-3-9-13)12(15)10-4-6-11(14)7-5-10/h4-7,12,15H,2-3,8-9H2,1H3. The molecule has 0 aromatic heterocycles. The van der Waals surface area contributed by atoms with Crippen LogP contribution in [0.3, 0.4) is 0 Å². The Kier molecular flexibility index (Phi) is 3.03. The Morgan fingerprint density at radius 1 is 1.20 bits per heavy atom. The molecule has 2 rings (SSSR count). The minimum Gasteiger partial charge on any atom is -0.388 e. The van der Waals surface area contributed by atoms with Gasteiger partial charge in [-0.2, -0.15) is 0 Å². The molecule has 0 radical (unpaired) electrons. The number of rotatable bonds is 2. The van der Waals surface area contributed by atoms with Gasteiger partial charge in [0, 0.05) is 5.02 Å². The van der Waals surface area contributed by atoms with Crippen LogP contribution in [0.5, 0.6) is 0 Å². The summed E-state index contributed by atoms with van der Waals surface area (Å²) in [6.07, 6.45) is 4.37. The fraction of sp³-hybridized carbons (Fsp3) is 0.538. The molecule has 0 saturated heterocycles. The van der Waals surface area contributed by atoms with E-state index in [1.807, 2.05) is 24.3 Å². The Balaban J connectivity index is 2.19. The molecule has 0 bridgehead atoms. The molecule has 1 aromatic rings. The average Bonchev–Trinajstić information content (AvgIpc) is 2.67. The molecule has 1 aromatic carbocycles. The first-order valence-electron chi connectivity index (χ1n) is 5.55. The highest BCUT2D eigenvalue weighted by molar-refractivity contribution is 6.30. The molecular formula is C13H17ClO. The van der Waals surface area contributed by atoms with Crippen molar-refractivity contribution in [1.29, 1.82) is 0 Å². The predicted octanol–water partition coefficient (Wildman–Crippen LogP) is 3.95. The molecule has 0 heterocycles. The maximum atomic E-state index is 10.3. The van der Waals surface area contributed by atoms with Crippen molar-refractivity contribution in [3.8, 4) is 0 Å². The Labute approximate surface area is 96.1 Å². The fourth-order valence-electron chi connectivity index (χ4n) is 2.50. The lowest BCUT2D eigenvalue weighted by Crippen LogP contribution is -2.21. The van der Waals surface area contributed by atoms with Crippen molar-refractivity contribution in [3.63, 3.8) is 0 Å². The third kappa shape index (κ3) is 2.19. The number of benzene rings is 1. The van der Waals surface area contributed by atoms with Crippen molar-refractivity contribution in [3.05, 3.63) is 34.9 Å². The lowest BCUT2D eigenvalue weighted by molar-refractivity contribution is 0.0408. The topological polar surface area (TPSA) is 20.2 Å². The lowest BCUT2D eigenvalue weighted by Gasteiger charge is -2.30. The second-order valence-corrected chi connectivity index (χ2v) is 5.25. The zero-order valence-corrected chi connectivity index (χ0v) is 9.80. The van der Waals surface area contributed by atoms with Crippen LogP contribution in [0.1, 0.15) is 44.3 Å². The Bertz CT molecular complexity index is 325. The van der Waals surface area contributed by atoms with Crippen LogP contribution in [0.4, 0.5) is 0 Å². The molecule has 1 aliphatic rings. The highest BCUT2D eigenvalue weighted by Gasteiger charge is 2.36. The van der Waals surface area contributed by atoms with Gasteiger partial charge in [0.2, 0.25) is 0 Å². The smallest absolute Gasteiger partial charge is 0.0843 e. The van der Waals surface area contributed by atoms with Crippen molar-refractivity contribution >= 4 is 11.6 Å². The van der Waals surface area contributed by atoms with Gasteiger partial charge in [-0.3, -0.25) is 0 Å². The molecule has 0 aliphatic heterocycles. The highest BCUT2D eigenvalue weighted by atomic mass is 35.5. The molecule has 1 saturated carbocycles. The van der Waals surface area contributed by atoms with Gasteiger partial charge in [-0.15, -0.1) is 0 Å². The van der Waals surface area contributed by atoms with Crippen molar-refractivity contribution in [2.24, 2.45) is 5.41 Å². The summed E-state index contributed by atoms with van der Waals surface area (Å²) in [7, 11) is 0. The predicted molar refractivity (Wildman–Crippen MR) is 63.0 cm³/mol. The molecule has 1 N–H and O–H groups in total. The van der Waals surface area contributed by atoms with E-state index in [0.717, 1.165) is 23.4 Å². The minimum atomic E-state index is -0.350. The number of hydrogen-bond donors (Lipinski definition) is 1. The molecule has 1 unspecified atom stereocenters. The van der Waals surface area contributed by atoms with Crippen LogP contribution in [0, 0.1) is 5.41 Å². The molecular weight excluding hydrogens is 208 g/mol. The maximum absolute atomic E-state index is 10.3. The Morgan fingerprint density at radius 3 is 2.27 bits per heavy atom. The van der Waals surface area contributed by atoms with Crippen molar-refractivity contribution in [2.45, 2.75) is 38.7 Å². The lowest BCUT2D eigenvalue weighted by atomic mass is 9.79. The zero-order chi connectivity index (χ0) is 10.9. The van der Waals surface area contributed by atoms with Crippen LogP contribution in [-0.2, 0) is 0 Å². The van der Waals surface area contributed by atoms with E-state index in [9.17, 15) is 5.11 Å². The van der Waals surface area contributed by atoms with Crippen LogP contribution >= 0.6 is 11.6 Å². The molecule has 0 spiro atoms. The molecule has 82 valence electrons. The highest BCUT2D eigenvalue weighted by Crippen LogP contribution is 2.47. The van der Waals surface area contributed by atoms with E-state index in [-0.39, 0.29) is 11.5 Å². The van der Waals surface area contributed by atoms with Gasteiger partial charge in [0.25, 0.3) is 0 Å². The summed E-state index contributed by atoms with van der Waals surface area (Å²) in [4.78, 5) is 0. The van der Waals surface area contributed by atoms with E-state index in [4.69, 9.17) is 11.6 Å². The number of hydrogen-bond acceptors (Lipinski definition) is 1. The quantitative estimate of drug-likeness (QED) is 0.807. The number of aliphatic hydroxyl groups is 1. The summed E-state index contributed by atoms with van der Waals surface area (Å²) in [6.45, 7) is 2.18. The molecule has 1 nitrogen and oxygen atoms in total. The number of halogens is 1. The van der Waals surface area contributed by atoms with Crippen LogP contribution < -0.4 is 0 Å². The monoisotopic (exact) mass is 224 g/mol. The average molecular weight is 225 g/mol. The summed E-state index contributed by atoms with van der Waals surface area (Å²) in [6, 6.07) is 7.55. The van der Waals surface area contributed by atoms with Crippen LogP contribution in [0.2, 0.25) is 5.02 Å². The summed E-state index contributed by atoms with van der Waals surface area (Å²) < 4.78 is 0. The summed E-state index contributed by atoms with van der Waals surface area (Å²) in [5.41, 5.74) is 1.05. The van der Waals surface area contributed by atoms with E-state index in [1.54, 1.807) is 0 Å². The van der Waals surface area contributed by atoms with Gasteiger partial charge in [0.15, 0.2) is 0 Å². The van der Waals surface area contributed by atoms with E-state index in [1.165, 1.54) is 12.8 Å². The van der Waals surface area contributed by atoms with Crippen molar-refractivity contribution in [1.82, 2.24) is 0 Å². The van der Waals surface area contributed by atoms with E-state index in [2.05, 4.69) is 6.92 Å². The maximum Gasteiger partial charge on any atom is 0.0843 e. The SMILES string of the molecule is CC1(C(O)c2ccc(Cl)cc2)CCCC1. The Hall–Kier alpha value is -0.530. The fourth-order valence-corrected chi connectivity index (χ4v) is 2.63. The van der Waals surface area contributed by atoms with Gasteiger partial charge in [0.1, 0.15) is 0 Å². The minimum absolute atomic E-state index is 0.0633. The third-order valence-corrected chi connectivity index (χ3v) is 3.84. The first-order valence-corrected chi connectivity index (χ1v) is 5.93. The van der Waals surface area contributed by atoms with Crippen LogP contribution in [0.15, 0.2) is 24.3 Å². The van der Waals surface area contributed by atoms with Gasteiger partial charge in [-0.1, -0.05) is 43.5 Å². The second-order valence-electron chi connectivity index (χ2n) is 4.82. The molecule has 15 heavy (non-hydrogen) atoms. The molecule has 2 heteroatoms. The second kappa shape index (κ2) is 4.15. The van der Waals surface area contributed by atoms with E-state index in [0.29, 0.717) is 0 Å². The summed E-state index contributed by atoms with van der Waals surface area (Å²) in [5.74, 6) is 0. The van der Waals surface area contributed by atoms with Crippen molar-refractivity contribution in [2.75, 3.05) is 0 Å².